The number of hydrogen-bond acceptors (Lipinski definition) is 2. The van der Waals surface area contributed by atoms with Crippen LogP contribution in [0.2, 0.25) is 5.02 Å². The molecule has 0 radical (unpaired) electrons. The molecule has 0 unspecified atom stereocenters. The third-order valence-corrected chi connectivity index (χ3v) is 3.28. The third kappa shape index (κ3) is 2.21. The van der Waals surface area contributed by atoms with Crippen LogP contribution in [0, 0.1) is 13.8 Å². The van der Waals surface area contributed by atoms with Crippen molar-refractivity contribution >= 4 is 21.6 Å². The van der Waals surface area contributed by atoms with E-state index in [1.54, 1.807) is 6.07 Å². The lowest BCUT2D eigenvalue weighted by Crippen LogP contribution is -2.56. The maximum Gasteiger partial charge on any atom is 0.322 e. The van der Waals surface area contributed by atoms with Gasteiger partial charge < -0.3 is 0 Å². The highest BCUT2D eigenvalue weighted by atomic mass is 35.5. The van der Waals surface area contributed by atoms with E-state index in [0.717, 1.165) is 11.1 Å². The smallest absolute Gasteiger partial charge is 0.248 e. The van der Waals surface area contributed by atoms with Gasteiger partial charge in [-0.05, 0) is 37.1 Å². The van der Waals surface area contributed by atoms with Crippen molar-refractivity contribution in [2.45, 2.75) is 18.7 Å². The fourth-order valence-electron chi connectivity index (χ4n) is 0.964. The second-order valence-electron chi connectivity index (χ2n) is 2.96. The molecule has 0 aliphatic rings. The molecule has 0 saturated heterocycles. The highest BCUT2D eigenvalue weighted by Gasteiger charge is 2.14. The first kappa shape index (κ1) is 10.5. The van der Waals surface area contributed by atoms with Crippen molar-refractivity contribution < 1.29 is 13.6 Å². The summed E-state index contributed by atoms with van der Waals surface area (Å²) in [6.45, 7) is 3.66. The Morgan fingerprint density at radius 1 is 1.31 bits per heavy atom. The molecule has 13 heavy (non-hydrogen) atoms. The van der Waals surface area contributed by atoms with Gasteiger partial charge in [-0.25, -0.2) is 5.14 Å². The average molecular weight is 221 g/mol. The van der Waals surface area contributed by atoms with Gasteiger partial charge in [0.15, 0.2) is 0 Å². The number of aryl methyl sites for hydroxylation is 1. The predicted octanol–water partition coefficient (Wildman–Crippen LogP) is 0.887. The molecule has 0 amide bonds. The van der Waals surface area contributed by atoms with E-state index in [2.05, 4.69) is 5.14 Å². The Hall–Kier alpha value is -0.580. The molecule has 5 heteroatoms. The summed E-state index contributed by atoms with van der Waals surface area (Å²) in [5.41, 5.74) is 1.75. The molecule has 0 aromatic heterocycles. The summed E-state index contributed by atoms with van der Waals surface area (Å²) in [6, 6.07) is 3.00. The lowest BCUT2D eigenvalue weighted by Gasteiger charge is -2.04. The van der Waals surface area contributed by atoms with Crippen molar-refractivity contribution in [3.05, 3.63) is 28.3 Å². The Morgan fingerprint density at radius 3 is 2.23 bits per heavy atom. The Morgan fingerprint density at radius 2 is 1.85 bits per heavy atom. The van der Waals surface area contributed by atoms with Crippen molar-refractivity contribution in [1.29, 1.82) is 0 Å². The first-order valence-corrected chi connectivity index (χ1v) is 5.70. The molecular formula is C8H11ClNO2S+. The third-order valence-electron chi connectivity index (χ3n) is 1.94. The van der Waals surface area contributed by atoms with Crippen molar-refractivity contribution in [2.75, 3.05) is 0 Å². The van der Waals surface area contributed by atoms with Gasteiger partial charge in [0, 0.05) is 5.02 Å². The lowest BCUT2D eigenvalue weighted by atomic mass is 10.1. The van der Waals surface area contributed by atoms with Gasteiger partial charge in [-0.3, -0.25) is 0 Å². The van der Waals surface area contributed by atoms with Crippen molar-refractivity contribution in [2.24, 2.45) is 0 Å². The summed E-state index contributed by atoms with van der Waals surface area (Å²) >= 11 is 5.83. The standard InChI is InChI=1S/C8H10ClNO2S/c1-5-3-7(13(10,11)12)4-8(9)6(5)2/h3-4H,1-2H3,(H2,10,11,12)/p+1. The molecule has 1 aromatic rings. The Kier molecular flexibility index (Phi) is 2.66. The maximum atomic E-state index is 11.1. The molecule has 0 atom stereocenters. The van der Waals surface area contributed by atoms with Crippen LogP contribution in [0.5, 0.6) is 0 Å². The van der Waals surface area contributed by atoms with Gasteiger partial charge in [-0.1, -0.05) is 11.6 Å². The quantitative estimate of drug-likeness (QED) is 0.764. The zero-order valence-electron chi connectivity index (χ0n) is 7.46. The van der Waals surface area contributed by atoms with Gasteiger partial charge in [0.05, 0.1) is 0 Å². The van der Waals surface area contributed by atoms with Crippen LogP contribution in [0.15, 0.2) is 17.0 Å². The first-order valence-electron chi connectivity index (χ1n) is 3.67. The fourth-order valence-corrected chi connectivity index (χ4v) is 1.95. The lowest BCUT2D eigenvalue weighted by molar-refractivity contribution is -0.164. The summed E-state index contributed by atoms with van der Waals surface area (Å²) in [6.07, 6.45) is 0. The zero-order chi connectivity index (χ0) is 10.2. The molecular weight excluding hydrogens is 210 g/mol. The molecule has 0 spiro atoms. The molecule has 0 bridgehead atoms. The van der Waals surface area contributed by atoms with Crippen LogP contribution in [-0.4, -0.2) is 8.42 Å². The van der Waals surface area contributed by atoms with E-state index >= 15 is 0 Å². The van der Waals surface area contributed by atoms with Gasteiger partial charge in [0.2, 0.25) is 0 Å². The van der Waals surface area contributed by atoms with Crippen molar-refractivity contribution in [3.63, 3.8) is 0 Å². The van der Waals surface area contributed by atoms with Crippen LogP contribution in [0.4, 0.5) is 0 Å². The molecule has 3 N–H and O–H groups in total. The van der Waals surface area contributed by atoms with Crippen LogP contribution in [0.3, 0.4) is 0 Å². The molecule has 0 aliphatic heterocycles. The SMILES string of the molecule is Cc1cc(S([NH3+])(=O)=O)cc(Cl)c1C. The second-order valence-corrected chi connectivity index (χ2v) is 5.07. The van der Waals surface area contributed by atoms with Crippen LogP contribution in [0.25, 0.3) is 0 Å². The van der Waals surface area contributed by atoms with Crippen LogP contribution >= 0.6 is 11.6 Å². The molecule has 0 saturated carbocycles. The van der Waals surface area contributed by atoms with Crippen LogP contribution in [0.1, 0.15) is 11.1 Å². The first-order chi connectivity index (χ1) is 5.82. The van der Waals surface area contributed by atoms with E-state index in [1.807, 2.05) is 13.8 Å². The minimum atomic E-state index is -3.40. The number of sulfonamides is 1. The van der Waals surface area contributed by atoms with E-state index in [9.17, 15) is 8.42 Å². The van der Waals surface area contributed by atoms with Crippen molar-refractivity contribution in [1.82, 2.24) is 0 Å². The largest absolute Gasteiger partial charge is 0.322 e. The van der Waals surface area contributed by atoms with E-state index < -0.39 is 10.0 Å². The Labute approximate surface area is 82.6 Å². The Bertz CT molecular complexity index is 416. The van der Waals surface area contributed by atoms with Gasteiger partial charge in [-0.15, -0.1) is 0 Å². The van der Waals surface area contributed by atoms with E-state index in [4.69, 9.17) is 11.6 Å². The highest BCUT2D eigenvalue weighted by Crippen LogP contribution is 2.22. The summed E-state index contributed by atoms with van der Waals surface area (Å²) in [4.78, 5) is 0.167. The van der Waals surface area contributed by atoms with Gasteiger partial charge in [-0.2, -0.15) is 8.42 Å². The summed E-state index contributed by atoms with van der Waals surface area (Å²) < 4.78 is 22.2. The molecule has 3 nitrogen and oxygen atoms in total. The highest BCUT2D eigenvalue weighted by molar-refractivity contribution is 7.84. The number of quaternary nitrogens is 1. The number of hydrogen-bond donors (Lipinski definition) is 1. The normalized spacial score (nSPS) is 11.7. The zero-order valence-corrected chi connectivity index (χ0v) is 9.04. The van der Waals surface area contributed by atoms with E-state index in [0.29, 0.717) is 5.02 Å². The minimum absolute atomic E-state index is 0.167. The minimum Gasteiger partial charge on any atom is -0.248 e. The van der Waals surface area contributed by atoms with Gasteiger partial charge in [0.1, 0.15) is 4.90 Å². The van der Waals surface area contributed by atoms with Crippen molar-refractivity contribution in [3.8, 4) is 0 Å². The maximum absolute atomic E-state index is 11.1. The second kappa shape index (κ2) is 3.29. The molecule has 0 aliphatic carbocycles. The monoisotopic (exact) mass is 220 g/mol. The number of halogens is 1. The summed E-state index contributed by atoms with van der Waals surface area (Å²) in [5.74, 6) is 0. The molecule has 72 valence electrons. The summed E-state index contributed by atoms with van der Waals surface area (Å²) in [5, 5.41) is 3.53. The molecule has 1 rings (SSSR count). The van der Waals surface area contributed by atoms with E-state index in [1.165, 1.54) is 6.07 Å². The van der Waals surface area contributed by atoms with Crippen LogP contribution in [-0.2, 0) is 10.0 Å². The van der Waals surface area contributed by atoms with E-state index in [-0.39, 0.29) is 4.90 Å². The molecule has 0 heterocycles. The predicted molar refractivity (Wildman–Crippen MR) is 51.0 cm³/mol. The number of rotatable bonds is 1. The average Bonchev–Trinajstić information content (AvgIpc) is 1.97. The Balaban J connectivity index is 3.47. The van der Waals surface area contributed by atoms with Gasteiger partial charge >= 0.3 is 10.0 Å². The van der Waals surface area contributed by atoms with Crippen LogP contribution < -0.4 is 5.14 Å². The topological polar surface area (TPSA) is 61.8 Å². The van der Waals surface area contributed by atoms with Gasteiger partial charge in [0.25, 0.3) is 0 Å². The number of benzene rings is 1. The molecule has 1 aromatic carbocycles. The summed E-state index contributed by atoms with van der Waals surface area (Å²) in [7, 11) is -3.40. The molecule has 0 fully saturated rings. The fraction of sp³-hybridized carbons (Fsp3) is 0.250.